The fraction of sp³-hybridized carbons (Fsp3) is 0.0286. The van der Waals surface area contributed by atoms with Crippen molar-refractivity contribution in [3.8, 4) is 33.4 Å². The average molecular weight is 531 g/mol. The minimum absolute atomic E-state index is 0.636. The van der Waals surface area contributed by atoms with Crippen LogP contribution in [0.5, 0.6) is 0 Å². The first-order valence-electron chi connectivity index (χ1n) is 12.7. The molecule has 0 aliphatic carbocycles. The van der Waals surface area contributed by atoms with Crippen LogP contribution in [0.4, 0.5) is 13.2 Å². The van der Waals surface area contributed by atoms with Gasteiger partial charge in [-0.3, -0.25) is 0 Å². The van der Waals surface area contributed by atoms with Crippen LogP contribution >= 0.6 is 11.3 Å². The molecule has 0 bridgehead atoms. The molecule has 188 valence electrons. The Balaban J connectivity index is 1.17. The molecule has 4 heteroatoms. The molecule has 0 unspecified atom stereocenters. The Hall–Kier alpha value is -4.41. The van der Waals surface area contributed by atoms with Crippen LogP contribution in [0.25, 0.3) is 64.3 Å². The molecular weight excluding hydrogens is 509 g/mol. The molecule has 0 fully saturated rings. The molecule has 39 heavy (non-hydrogen) atoms. The van der Waals surface area contributed by atoms with Crippen molar-refractivity contribution in [3.63, 3.8) is 0 Å². The number of alkyl halides is 3. The third-order valence-electron chi connectivity index (χ3n) is 7.31. The van der Waals surface area contributed by atoms with Gasteiger partial charge in [0.05, 0.1) is 5.56 Å². The monoisotopic (exact) mass is 530 g/mol. The van der Waals surface area contributed by atoms with Crippen LogP contribution < -0.4 is 0 Å². The third kappa shape index (κ3) is 4.37. The van der Waals surface area contributed by atoms with E-state index < -0.39 is 11.7 Å². The summed E-state index contributed by atoms with van der Waals surface area (Å²) in [6.07, 6.45) is -4.33. The van der Waals surface area contributed by atoms with Gasteiger partial charge >= 0.3 is 6.18 Å². The number of fused-ring (bicyclic) bond motifs is 4. The zero-order valence-corrected chi connectivity index (χ0v) is 21.5. The van der Waals surface area contributed by atoms with Gasteiger partial charge in [-0.15, -0.1) is 11.3 Å². The number of halogens is 3. The van der Waals surface area contributed by atoms with Crippen molar-refractivity contribution in [2.75, 3.05) is 0 Å². The third-order valence-corrected chi connectivity index (χ3v) is 8.47. The zero-order valence-electron chi connectivity index (χ0n) is 20.7. The van der Waals surface area contributed by atoms with Crippen LogP contribution in [0.3, 0.4) is 0 Å². The molecule has 0 radical (unpaired) electrons. The molecule has 7 rings (SSSR count). The molecule has 0 amide bonds. The molecule has 0 aliphatic heterocycles. The molecule has 0 N–H and O–H groups in total. The molecule has 0 nitrogen and oxygen atoms in total. The normalized spacial score (nSPS) is 12.0. The predicted octanol–water partition coefficient (Wildman–Crippen LogP) is 11.2. The van der Waals surface area contributed by atoms with E-state index >= 15 is 0 Å². The van der Waals surface area contributed by atoms with E-state index in [4.69, 9.17) is 0 Å². The fourth-order valence-electron chi connectivity index (χ4n) is 5.22. The first-order chi connectivity index (χ1) is 18.9. The van der Waals surface area contributed by atoms with Crippen molar-refractivity contribution in [2.24, 2.45) is 0 Å². The lowest BCUT2D eigenvalue weighted by Gasteiger charge is -2.10. The molecular formula is C35H21F3S. The summed E-state index contributed by atoms with van der Waals surface area (Å²) in [5.74, 6) is 0. The lowest BCUT2D eigenvalue weighted by atomic mass is 9.96. The van der Waals surface area contributed by atoms with E-state index in [0.717, 1.165) is 45.2 Å². The van der Waals surface area contributed by atoms with Gasteiger partial charge in [0.2, 0.25) is 0 Å². The summed E-state index contributed by atoms with van der Waals surface area (Å²) in [5.41, 5.74) is 5.65. The molecule has 6 aromatic carbocycles. The first-order valence-corrected chi connectivity index (χ1v) is 13.5. The summed E-state index contributed by atoms with van der Waals surface area (Å²) in [5, 5.41) is 4.72. The van der Waals surface area contributed by atoms with Crippen LogP contribution in [0.15, 0.2) is 127 Å². The van der Waals surface area contributed by atoms with Crippen molar-refractivity contribution < 1.29 is 13.2 Å². The van der Waals surface area contributed by atoms with E-state index in [1.54, 1.807) is 0 Å². The van der Waals surface area contributed by atoms with Crippen molar-refractivity contribution >= 4 is 42.3 Å². The average Bonchev–Trinajstić information content (AvgIpc) is 3.34. The van der Waals surface area contributed by atoms with Gasteiger partial charge in [-0.25, -0.2) is 0 Å². The molecule has 1 heterocycles. The molecule has 0 saturated heterocycles. The summed E-state index contributed by atoms with van der Waals surface area (Å²) < 4.78 is 41.3. The molecule has 0 saturated carbocycles. The van der Waals surface area contributed by atoms with Crippen LogP contribution in [0.1, 0.15) is 5.56 Å². The highest BCUT2D eigenvalue weighted by molar-refractivity contribution is 7.25. The predicted molar refractivity (Wildman–Crippen MR) is 158 cm³/mol. The highest BCUT2D eigenvalue weighted by Crippen LogP contribution is 2.37. The van der Waals surface area contributed by atoms with Crippen LogP contribution in [0.2, 0.25) is 0 Å². The summed E-state index contributed by atoms with van der Waals surface area (Å²) in [6.45, 7) is 0. The Labute approximate surface area is 227 Å². The van der Waals surface area contributed by atoms with Gasteiger partial charge < -0.3 is 0 Å². The van der Waals surface area contributed by atoms with Crippen molar-refractivity contribution in [1.82, 2.24) is 0 Å². The van der Waals surface area contributed by atoms with E-state index in [-0.39, 0.29) is 0 Å². The Morgan fingerprint density at radius 3 is 1.46 bits per heavy atom. The Morgan fingerprint density at radius 2 is 0.872 bits per heavy atom. The molecule has 0 aliphatic rings. The van der Waals surface area contributed by atoms with E-state index in [2.05, 4.69) is 84.9 Å². The SMILES string of the molecule is FC(F)(F)c1ccc(-c2ccc3cc(-c4ccc(-c5ccc6sc7ccccc7c6c5)cc4)ccc3c2)cc1. The highest BCUT2D eigenvalue weighted by Gasteiger charge is 2.29. The van der Waals surface area contributed by atoms with Gasteiger partial charge in [-0.05, 0) is 86.6 Å². The van der Waals surface area contributed by atoms with Gasteiger partial charge in [0.25, 0.3) is 0 Å². The molecule has 1 aromatic heterocycles. The number of thiophene rings is 1. The van der Waals surface area contributed by atoms with E-state index in [9.17, 15) is 13.2 Å². The van der Waals surface area contributed by atoms with E-state index in [0.29, 0.717) is 0 Å². The maximum atomic E-state index is 12.9. The van der Waals surface area contributed by atoms with Crippen LogP contribution in [-0.2, 0) is 6.18 Å². The summed E-state index contributed by atoms with van der Waals surface area (Å²) >= 11 is 1.83. The maximum Gasteiger partial charge on any atom is 0.416 e. The van der Waals surface area contributed by atoms with Crippen molar-refractivity contribution in [2.45, 2.75) is 6.18 Å². The summed E-state index contributed by atoms with van der Waals surface area (Å²) in [7, 11) is 0. The molecule has 0 spiro atoms. The van der Waals surface area contributed by atoms with Gasteiger partial charge in [-0.1, -0.05) is 84.9 Å². The lowest BCUT2D eigenvalue weighted by molar-refractivity contribution is -0.137. The van der Waals surface area contributed by atoms with Gasteiger partial charge in [0.1, 0.15) is 0 Å². The minimum atomic E-state index is -4.33. The van der Waals surface area contributed by atoms with E-state index in [1.165, 1.54) is 43.4 Å². The van der Waals surface area contributed by atoms with Crippen molar-refractivity contribution in [3.05, 3.63) is 133 Å². The maximum absolute atomic E-state index is 12.9. The second-order valence-corrected chi connectivity index (χ2v) is 10.8. The summed E-state index contributed by atoms with van der Waals surface area (Å²) in [4.78, 5) is 0. The number of rotatable bonds is 3. The number of benzene rings is 6. The zero-order chi connectivity index (χ0) is 26.6. The highest BCUT2D eigenvalue weighted by atomic mass is 32.1. The largest absolute Gasteiger partial charge is 0.416 e. The second-order valence-electron chi connectivity index (χ2n) is 9.74. The topological polar surface area (TPSA) is 0 Å². The van der Waals surface area contributed by atoms with Gasteiger partial charge in [0, 0.05) is 20.2 Å². The smallest absolute Gasteiger partial charge is 0.166 e. The van der Waals surface area contributed by atoms with E-state index in [1.807, 2.05) is 29.5 Å². The molecule has 0 atom stereocenters. The summed E-state index contributed by atoms with van der Waals surface area (Å²) in [6, 6.07) is 41.5. The molecule has 7 aromatic rings. The standard InChI is InChI=1S/C35H21F3S/c36-35(37,38)30-16-13-24(14-17-30)26-10-12-27-19-25(9-11-28(27)20-26)22-5-7-23(8-6-22)29-15-18-34-32(21-29)31-3-1-2-4-33(31)39-34/h1-21H. The van der Waals surface area contributed by atoms with Crippen molar-refractivity contribution in [1.29, 1.82) is 0 Å². The Morgan fingerprint density at radius 1 is 0.410 bits per heavy atom. The van der Waals surface area contributed by atoms with Crippen LogP contribution in [0, 0.1) is 0 Å². The second kappa shape index (κ2) is 9.11. The minimum Gasteiger partial charge on any atom is -0.166 e. The van der Waals surface area contributed by atoms with Crippen LogP contribution in [-0.4, -0.2) is 0 Å². The lowest BCUT2D eigenvalue weighted by Crippen LogP contribution is -2.03. The van der Waals surface area contributed by atoms with Gasteiger partial charge in [0.15, 0.2) is 0 Å². The quantitative estimate of drug-likeness (QED) is 0.213. The Bertz CT molecular complexity index is 1980. The Kier molecular flexibility index (Phi) is 5.53. The number of hydrogen-bond donors (Lipinski definition) is 0. The first kappa shape index (κ1) is 23.7. The fourth-order valence-corrected chi connectivity index (χ4v) is 6.30. The number of hydrogen-bond acceptors (Lipinski definition) is 1. The van der Waals surface area contributed by atoms with Gasteiger partial charge in [-0.2, -0.15) is 13.2 Å².